The van der Waals surface area contributed by atoms with Gasteiger partial charge in [0, 0.05) is 39.1 Å². The Labute approximate surface area is 107 Å². The van der Waals surface area contributed by atoms with Crippen molar-refractivity contribution < 1.29 is 9.53 Å². The second-order valence-corrected chi connectivity index (χ2v) is 4.58. The van der Waals surface area contributed by atoms with Gasteiger partial charge in [0.1, 0.15) is 6.04 Å². The normalized spacial score (nSPS) is 21.6. The molecule has 0 saturated carbocycles. The monoisotopic (exact) mass is 252 g/mol. The fourth-order valence-electron chi connectivity index (χ4n) is 2.07. The number of likely N-dealkylation sites (N-methyl/N-ethyl adjacent to an activating group) is 1. The first kappa shape index (κ1) is 13.0. The SMILES string of the molecule is CC(C(=O)N(C)CC1CNCCO1)n1cccn1. The molecule has 0 radical (unpaired) electrons. The van der Waals surface area contributed by atoms with Gasteiger partial charge in [0.25, 0.3) is 0 Å². The largest absolute Gasteiger partial charge is 0.374 e. The van der Waals surface area contributed by atoms with Crippen LogP contribution in [0.15, 0.2) is 18.5 Å². The second kappa shape index (κ2) is 5.97. The maximum absolute atomic E-state index is 12.2. The third kappa shape index (κ3) is 3.08. The molecule has 1 aliphatic heterocycles. The first-order chi connectivity index (χ1) is 8.68. The Morgan fingerprint density at radius 2 is 2.56 bits per heavy atom. The van der Waals surface area contributed by atoms with E-state index in [0.29, 0.717) is 13.2 Å². The molecule has 1 aliphatic rings. The lowest BCUT2D eigenvalue weighted by atomic mass is 10.2. The van der Waals surface area contributed by atoms with Crippen LogP contribution in [0.5, 0.6) is 0 Å². The molecule has 0 aliphatic carbocycles. The Balaban J connectivity index is 1.87. The summed E-state index contributed by atoms with van der Waals surface area (Å²) in [5.41, 5.74) is 0. The number of amides is 1. The van der Waals surface area contributed by atoms with Crippen molar-refractivity contribution in [2.24, 2.45) is 0 Å². The first-order valence-corrected chi connectivity index (χ1v) is 6.25. The van der Waals surface area contributed by atoms with E-state index in [2.05, 4.69) is 10.4 Å². The van der Waals surface area contributed by atoms with E-state index in [1.165, 1.54) is 0 Å². The summed E-state index contributed by atoms with van der Waals surface area (Å²) in [4.78, 5) is 13.9. The highest BCUT2D eigenvalue weighted by Crippen LogP contribution is 2.09. The van der Waals surface area contributed by atoms with E-state index >= 15 is 0 Å². The lowest BCUT2D eigenvalue weighted by Crippen LogP contribution is -2.46. The van der Waals surface area contributed by atoms with Crippen LogP contribution in [-0.4, -0.2) is 60.0 Å². The average molecular weight is 252 g/mol. The summed E-state index contributed by atoms with van der Waals surface area (Å²) in [5.74, 6) is 0.0490. The third-order valence-corrected chi connectivity index (χ3v) is 3.14. The Morgan fingerprint density at radius 3 is 3.17 bits per heavy atom. The van der Waals surface area contributed by atoms with Crippen LogP contribution in [0.1, 0.15) is 13.0 Å². The minimum atomic E-state index is -0.276. The van der Waals surface area contributed by atoms with Crippen molar-refractivity contribution in [1.29, 1.82) is 0 Å². The van der Waals surface area contributed by atoms with Gasteiger partial charge in [0.05, 0.1) is 12.7 Å². The van der Waals surface area contributed by atoms with Gasteiger partial charge < -0.3 is 15.0 Å². The summed E-state index contributed by atoms with van der Waals surface area (Å²) in [7, 11) is 1.81. The summed E-state index contributed by atoms with van der Waals surface area (Å²) in [5, 5.41) is 7.35. The highest BCUT2D eigenvalue weighted by molar-refractivity contribution is 5.79. The zero-order valence-corrected chi connectivity index (χ0v) is 10.9. The number of carbonyl (C=O) groups is 1. The highest BCUT2D eigenvalue weighted by Gasteiger charge is 2.23. The van der Waals surface area contributed by atoms with E-state index in [1.807, 2.05) is 13.0 Å². The van der Waals surface area contributed by atoms with E-state index in [0.717, 1.165) is 13.1 Å². The molecule has 1 aromatic heterocycles. The molecule has 6 nitrogen and oxygen atoms in total. The minimum Gasteiger partial charge on any atom is -0.374 e. The van der Waals surface area contributed by atoms with Gasteiger partial charge in [0.15, 0.2) is 0 Å². The summed E-state index contributed by atoms with van der Waals surface area (Å²) in [6.45, 7) is 4.86. The second-order valence-electron chi connectivity index (χ2n) is 4.58. The van der Waals surface area contributed by atoms with Gasteiger partial charge in [-0.3, -0.25) is 9.48 Å². The first-order valence-electron chi connectivity index (χ1n) is 6.25. The van der Waals surface area contributed by atoms with Crippen LogP contribution in [0, 0.1) is 0 Å². The maximum Gasteiger partial charge on any atom is 0.246 e. The van der Waals surface area contributed by atoms with Crippen LogP contribution >= 0.6 is 0 Å². The molecule has 1 aromatic rings. The number of carbonyl (C=O) groups excluding carboxylic acids is 1. The molecule has 2 unspecified atom stereocenters. The number of nitrogens with one attached hydrogen (secondary N) is 1. The third-order valence-electron chi connectivity index (χ3n) is 3.14. The van der Waals surface area contributed by atoms with Crippen LogP contribution < -0.4 is 5.32 Å². The van der Waals surface area contributed by atoms with Crippen LogP contribution in [0.4, 0.5) is 0 Å². The topological polar surface area (TPSA) is 59.4 Å². The predicted octanol–water partition coefficient (Wildman–Crippen LogP) is -0.109. The van der Waals surface area contributed by atoms with Crippen LogP contribution in [0.3, 0.4) is 0 Å². The van der Waals surface area contributed by atoms with E-state index in [9.17, 15) is 4.79 Å². The Kier molecular flexibility index (Phi) is 4.33. The molecular formula is C12H20N4O2. The molecule has 1 N–H and O–H groups in total. The van der Waals surface area contributed by atoms with Crippen molar-refractivity contribution >= 4 is 5.91 Å². The predicted molar refractivity (Wildman–Crippen MR) is 67.2 cm³/mol. The molecule has 0 aromatic carbocycles. The fourth-order valence-corrected chi connectivity index (χ4v) is 2.07. The maximum atomic E-state index is 12.2. The van der Waals surface area contributed by atoms with Crippen molar-refractivity contribution in [3.8, 4) is 0 Å². The van der Waals surface area contributed by atoms with Gasteiger partial charge in [-0.1, -0.05) is 0 Å². The number of aromatic nitrogens is 2. The van der Waals surface area contributed by atoms with Gasteiger partial charge in [-0.15, -0.1) is 0 Å². The Hall–Kier alpha value is -1.40. The molecule has 0 bridgehead atoms. The van der Waals surface area contributed by atoms with Gasteiger partial charge >= 0.3 is 0 Å². The van der Waals surface area contributed by atoms with E-state index in [1.54, 1.807) is 29.0 Å². The summed E-state index contributed by atoms with van der Waals surface area (Å²) >= 11 is 0. The van der Waals surface area contributed by atoms with Gasteiger partial charge in [0.2, 0.25) is 5.91 Å². The standard InChI is InChI=1S/C12H20N4O2/c1-10(16-6-3-4-14-16)12(17)15(2)9-11-8-13-5-7-18-11/h3-4,6,10-11,13H,5,7-9H2,1-2H3. The number of hydrogen-bond acceptors (Lipinski definition) is 4. The van der Waals surface area contributed by atoms with Crippen LogP contribution in [0.25, 0.3) is 0 Å². The average Bonchev–Trinajstić information content (AvgIpc) is 2.92. The lowest BCUT2D eigenvalue weighted by Gasteiger charge is -2.29. The van der Waals surface area contributed by atoms with Crippen molar-refractivity contribution in [3.63, 3.8) is 0 Å². The number of morpholine rings is 1. The lowest BCUT2D eigenvalue weighted by molar-refractivity contribution is -0.135. The number of hydrogen-bond donors (Lipinski definition) is 1. The molecule has 6 heteroatoms. The van der Waals surface area contributed by atoms with Crippen LogP contribution in [-0.2, 0) is 9.53 Å². The molecular weight excluding hydrogens is 232 g/mol. The molecule has 0 spiro atoms. The zero-order valence-electron chi connectivity index (χ0n) is 10.9. The molecule has 1 saturated heterocycles. The Bertz CT molecular complexity index is 373. The summed E-state index contributed by atoms with van der Waals surface area (Å²) in [6, 6.07) is 1.54. The fraction of sp³-hybridized carbons (Fsp3) is 0.667. The molecule has 1 amide bonds. The van der Waals surface area contributed by atoms with Crippen molar-refractivity contribution in [2.45, 2.75) is 19.1 Å². The van der Waals surface area contributed by atoms with Crippen molar-refractivity contribution in [1.82, 2.24) is 20.0 Å². The Morgan fingerprint density at radius 1 is 1.72 bits per heavy atom. The van der Waals surface area contributed by atoms with E-state index in [-0.39, 0.29) is 18.1 Å². The van der Waals surface area contributed by atoms with Crippen LogP contribution in [0.2, 0.25) is 0 Å². The summed E-state index contributed by atoms with van der Waals surface area (Å²) < 4.78 is 7.26. The van der Waals surface area contributed by atoms with Crippen molar-refractivity contribution in [2.75, 3.05) is 33.3 Å². The highest BCUT2D eigenvalue weighted by atomic mass is 16.5. The molecule has 2 heterocycles. The molecule has 2 rings (SSSR count). The molecule has 100 valence electrons. The van der Waals surface area contributed by atoms with E-state index < -0.39 is 0 Å². The minimum absolute atomic E-state index is 0.0490. The van der Waals surface area contributed by atoms with E-state index in [4.69, 9.17) is 4.74 Å². The smallest absolute Gasteiger partial charge is 0.246 e. The number of ether oxygens (including phenoxy) is 1. The van der Waals surface area contributed by atoms with Gasteiger partial charge in [-0.25, -0.2) is 0 Å². The molecule has 2 atom stereocenters. The number of nitrogens with zero attached hydrogens (tertiary/aromatic N) is 3. The summed E-state index contributed by atoms with van der Waals surface area (Å²) in [6.07, 6.45) is 3.56. The van der Waals surface area contributed by atoms with Crippen molar-refractivity contribution in [3.05, 3.63) is 18.5 Å². The molecule has 18 heavy (non-hydrogen) atoms. The quantitative estimate of drug-likeness (QED) is 0.812. The van der Waals surface area contributed by atoms with Gasteiger partial charge in [-0.05, 0) is 13.0 Å². The molecule has 1 fully saturated rings. The number of rotatable bonds is 4. The van der Waals surface area contributed by atoms with Gasteiger partial charge in [-0.2, -0.15) is 5.10 Å². The zero-order chi connectivity index (χ0) is 13.0.